The summed E-state index contributed by atoms with van der Waals surface area (Å²) in [5.41, 5.74) is 7.16. The van der Waals surface area contributed by atoms with E-state index in [0.29, 0.717) is 10.6 Å². The van der Waals surface area contributed by atoms with Crippen molar-refractivity contribution in [3.8, 4) is 0 Å². The summed E-state index contributed by atoms with van der Waals surface area (Å²) in [6.45, 7) is 6.47. The highest BCUT2D eigenvalue weighted by atomic mass is 35.5. The molecular weight excluding hydrogens is 507 g/mol. The Morgan fingerprint density at radius 3 is 2.38 bits per heavy atom. The number of carbonyl (C=O) groups excluding carboxylic acids is 2. The van der Waals surface area contributed by atoms with E-state index in [9.17, 15) is 9.59 Å². The number of hydrogen-bond donors (Lipinski definition) is 2. The molecule has 0 bridgehead atoms. The molecule has 190 valence electrons. The first-order valence-electron chi connectivity index (χ1n) is 12.0. The lowest BCUT2D eigenvalue weighted by molar-refractivity contribution is -0.123. The van der Waals surface area contributed by atoms with Gasteiger partial charge in [0, 0.05) is 34.3 Å². The summed E-state index contributed by atoms with van der Waals surface area (Å²) in [6.07, 6.45) is 1.66. The summed E-state index contributed by atoms with van der Waals surface area (Å²) in [7, 11) is 0. The second-order valence-electron chi connectivity index (χ2n) is 9.15. The van der Waals surface area contributed by atoms with Crippen molar-refractivity contribution in [2.75, 3.05) is 0 Å². The number of nitrogens with one attached hydrogen (secondary N) is 2. The van der Waals surface area contributed by atoms with Gasteiger partial charge >= 0.3 is 0 Å². The van der Waals surface area contributed by atoms with Gasteiger partial charge in [-0.25, -0.2) is 5.43 Å². The molecule has 0 saturated heterocycles. The van der Waals surface area contributed by atoms with Crippen molar-refractivity contribution >= 4 is 52.1 Å². The Morgan fingerprint density at radius 1 is 0.973 bits per heavy atom. The Kier molecular flexibility index (Phi) is 8.31. The standard InChI is InChI=1S/C29H28Cl2N4O2/c1-18(2)27(33-28(36)21-13-14-24(30)25(31)15-21)29(37)34-32-16-23-19(3)35(17-20-9-5-4-6-10-20)26-12-8-7-11-22(23)26/h4-16,18,27H,17H2,1-3H3,(H,33,36)(H,34,37)/b32-16-. The Hall–Kier alpha value is -3.61. The van der Waals surface area contributed by atoms with Crippen LogP contribution >= 0.6 is 23.2 Å². The molecule has 2 amide bonds. The van der Waals surface area contributed by atoms with E-state index in [1.165, 1.54) is 11.6 Å². The Morgan fingerprint density at radius 2 is 1.68 bits per heavy atom. The minimum atomic E-state index is -0.792. The van der Waals surface area contributed by atoms with Crippen LogP contribution in [0.5, 0.6) is 0 Å². The minimum absolute atomic E-state index is 0.170. The lowest BCUT2D eigenvalue weighted by Gasteiger charge is -2.20. The molecule has 0 radical (unpaired) electrons. The molecule has 37 heavy (non-hydrogen) atoms. The summed E-state index contributed by atoms with van der Waals surface area (Å²) in [6, 6.07) is 22.2. The lowest BCUT2D eigenvalue weighted by Crippen LogP contribution is -2.48. The second-order valence-corrected chi connectivity index (χ2v) is 9.96. The highest BCUT2D eigenvalue weighted by Gasteiger charge is 2.25. The number of hydrogen-bond acceptors (Lipinski definition) is 3. The van der Waals surface area contributed by atoms with Crippen molar-refractivity contribution in [3.05, 3.63) is 105 Å². The number of amides is 2. The highest BCUT2D eigenvalue weighted by Crippen LogP contribution is 2.26. The quantitative estimate of drug-likeness (QED) is 0.208. The number of benzene rings is 3. The van der Waals surface area contributed by atoms with E-state index in [0.717, 1.165) is 28.7 Å². The number of carbonyl (C=O) groups is 2. The zero-order valence-electron chi connectivity index (χ0n) is 20.8. The van der Waals surface area contributed by atoms with E-state index < -0.39 is 17.9 Å². The van der Waals surface area contributed by atoms with Gasteiger partial charge in [0.05, 0.1) is 16.3 Å². The smallest absolute Gasteiger partial charge is 0.262 e. The number of para-hydroxylation sites is 1. The molecule has 4 aromatic rings. The molecule has 3 aromatic carbocycles. The number of hydrazone groups is 1. The van der Waals surface area contributed by atoms with E-state index >= 15 is 0 Å². The number of halogens is 2. The molecule has 0 aliphatic heterocycles. The molecule has 0 aliphatic rings. The first-order chi connectivity index (χ1) is 17.8. The van der Waals surface area contributed by atoms with Crippen molar-refractivity contribution in [3.63, 3.8) is 0 Å². The third-order valence-corrected chi connectivity index (χ3v) is 6.99. The molecule has 8 heteroatoms. The predicted molar refractivity (Wildman–Crippen MR) is 151 cm³/mol. The molecule has 0 aliphatic carbocycles. The van der Waals surface area contributed by atoms with Crippen LogP contribution in [0, 0.1) is 12.8 Å². The van der Waals surface area contributed by atoms with Gasteiger partial charge in [-0.1, -0.05) is 85.6 Å². The maximum Gasteiger partial charge on any atom is 0.262 e. The van der Waals surface area contributed by atoms with Crippen molar-refractivity contribution in [1.29, 1.82) is 0 Å². The molecule has 0 fully saturated rings. The van der Waals surface area contributed by atoms with Gasteiger partial charge in [-0.05, 0) is 42.7 Å². The van der Waals surface area contributed by atoms with Gasteiger partial charge < -0.3 is 9.88 Å². The second kappa shape index (κ2) is 11.6. The van der Waals surface area contributed by atoms with Gasteiger partial charge in [0.25, 0.3) is 11.8 Å². The maximum absolute atomic E-state index is 13.0. The van der Waals surface area contributed by atoms with Crippen LogP contribution in [-0.2, 0) is 11.3 Å². The first kappa shape index (κ1) is 26.5. The molecule has 0 spiro atoms. The van der Waals surface area contributed by atoms with Crippen LogP contribution < -0.4 is 10.7 Å². The van der Waals surface area contributed by atoms with Crippen molar-refractivity contribution in [1.82, 2.24) is 15.3 Å². The average molecular weight is 535 g/mol. The van der Waals surface area contributed by atoms with E-state index in [1.807, 2.05) is 57.2 Å². The van der Waals surface area contributed by atoms with Gasteiger partial charge in [0.1, 0.15) is 6.04 Å². The number of fused-ring (bicyclic) bond motifs is 1. The Balaban J connectivity index is 1.52. The average Bonchev–Trinajstić information content (AvgIpc) is 3.15. The fourth-order valence-electron chi connectivity index (χ4n) is 4.22. The van der Waals surface area contributed by atoms with Crippen molar-refractivity contribution < 1.29 is 9.59 Å². The lowest BCUT2D eigenvalue weighted by atomic mass is 10.0. The van der Waals surface area contributed by atoms with Gasteiger partial charge in [0.2, 0.25) is 0 Å². The monoisotopic (exact) mass is 534 g/mol. The zero-order valence-corrected chi connectivity index (χ0v) is 22.3. The van der Waals surface area contributed by atoms with Crippen LogP contribution in [-0.4, -0.2) is 28.6 Å². The van der Waals surface area contributed by atoms with Gasteiger partial charge in [-0.15, -0.1) is 0 Å². The highest BCUT2D eigenvalue weighted by molar-refractivity contribution is 6.42. The Labute approximate surface area is 226 Å². The molecule has 0 saturated carbocycles. The Bertz CT molecular complexity index is 1460. The molecule has 1 atom stereocenters. The SMILES string of the molecule is Cc1c(/C=N\NC(=O)C(NC(=O)c2ccc(Cl)c(Cl)c2)C(C)C)c2ccccc2n1Cc1ccccc1. The van der Waals surface area contributed by atoms with Crippen LogP contribution in [0.1, 0.15) is 41.0 Å². The molecule has 6 nitrogen and oxygen atoms in total. The third kappa shape index (κ3) is 6.04. The van der Waals surface area contributed by atoms with Gasteiger partial charge in [0.15, 0.2) is 0 Å². The van der Waals surface area contributed by atoms with Crippen LogP contribution in [0.2, 0.25) is 10.0 Å². The van der Waals surface area contributed by atoms with Crippen molar-refractivity contribution in [2.45, 2.75) is 33.4 Å². The van der Waals surface area contributed by atoms with E-state index in [4.69, 9.17) is 23.2 Å². The van der Waals surface area contributed by atoms with Crippen LogP contribution in [0.4, 0.5) is 0 Å². The molecule has 4 rings (SSSR count). The van der Waals surface area contributed by atoms with Crippen LogP contribution in [0.15, 0.2) is 77.9 Å². The minimum Gasteiger partial charge on any atom is -0.340 e. The summed E-state index contributed by atoms with van der Waals surface area (Å²) in [5, 5.41) is 8.69. The number of rotatable bonds is 8. The summed E-state index contributed by atoms with van der Waals surface area (Å²) < 4.78 is 2.24. The maximum atomic E-state index is 13.0. The molecule has 2 N–H and O–H groups in total. The normalized spacial score (nSPS) is 12.3. The number of nitrogens with zero attached hydrogens (tertiary/aromatic N) is 2. The third-order valence-electron chi connectivity index (χ3n) is 6.25. The topological polar surface area (TPSA) is 75.5 Å². The van der Waals surface area contributed by atoms with Crippen LogP contribution in [0.3, 0.4) is 0 Å². The predicted octanol–water partition coefficient (Wildman–Crippen LogP) is 6.21. The summed E-state index contributed by atoms with van der Waals surface area (Å²) in [4.78, 5) is 25.7. The molecular formula is C29H28Cl2N4O2. The van der Waals surface area contributed by atoms with Gasteiger partial charge in [-0.3, -0.25) is 9.59 Å². The number of aromatic nitrogens is 1. The molecule has 1 unspecified atom stereocenters. The summed E-state index contributed by atoms with van der Waals surface area (Å²) in [5.74, 6) is -1.00. The fraction of sp³-hybridized carbons (Fsp3) is 0.207. The van der Waals surface area contributed by atoms with Crippen LogP contribution in [0.25, 0.3) is 10.9 Å². The molecule has 1 aromatic heterocycles. The van der Waals surface area contributed by atoms with E-state index in [2.05, 4.69) is 38.6 Å². The summed E-state index contributed by atoms with van der Waals surface area (Å²) >= 11 is 12.0. The zero-order chi connectivity index (χ0) is 26.5. The fourth-order valence-corrected chi connectivity index (χ4v) is 4.52. The first-order valence-corrected chi connectivity index (χ1v) is 12.7. The molecule has 1 heterocycles. The van der Waals surface area contributed by atoms with E-state index in [-0.39, 0.29) is 10.9 Å². The largest absolute Gasteiger partial charge is 0.340 e. The van der Waals surface area contributed by atoms with E-state index in [1.54, 1.807) is 18.3 Å². The van der Waals surface area contributed by atoms with Gasteiger partial charge in [-0.2, -0.15) is 5.10 Å². The van der Waals surface area contributed by atoms with Crippen molar-refractivity contribution in [2.24, 2.45) is 11.0 Å².